The molecule has 2 saturated heterocycles. The molecule has 3 aliphatic rings. The minimum atomic E-state index is 0.435. The van der Waals surface area contributed by atoms with E-state index < -0.39 is 0 Å². The van der Waals surface area contributed by atoms with Crippen molar-refractivity contribution >= 4 is 28.4 Å². The molecule has 2 aliphatic heterocycles. The van der Waals surface area contributed by atoms with Crippen molar-refractivity contribution in [2.24, 2.45) is 0 Å². The van der Waals surface area contributed by atoms with Crippen molar-refractivity contribution in [1.29, 1.82) is 0 Å². The number of nitrogens with zero attached hydrogens (tertiary/aromatic N) is 6. The van der Waals surface area contributed by atoms with Crippen molar-refractivity contribution < 1.29 is 4.74 Å². The predicted octanol–water partition coefficient (Wildman–Crippen LogP) is 2.12. The van der Waals surface area contributed by atoms with Gasteiger partial charge in [-0.25, -0.2) is 9.97 Å². The van der Waals surface area contributed by atoms with Crippen LogP contribution in [-0.2, 0) is 4.74 Å². The smallest absolute Gasteiger partial charge is 0.227 e. The molecule has 27 heavy (non-hydrogen) atoms. The number of hydrogen-bond donors (Lipinski definition) is 1. The van der Waals surface area contributed by atoms with Crippen LogP contribution < -0.4 is 15.1 Å². The number of aromatic nitrogens is 4. The van der Waals surface area contributed by atoms with E-state index in [4.69, 9.17) is 14.7 Å². The zero-order valence-corrected chi connectivity index (χ0v) is 16.2. The Morgan fingerprint density at radius 1 is 1.00 bits per heavy atom. The minimum absolute atomic E-state index is 0.435. The maximum Gasteiger partial charge on any atom is 0.227 e. The van der Waals surface area contributed by atoms with Gasteiger partial charge < -0.3 is 19.9 Å². The first kappa shape index (κ1) is 17.1. The number of anilines is 3. The van der Waals surface area contributed by atoms with Gasteiger partial charge in [0.05, 0.1) is 13.2 Å². The normalized spacial score (nSPS) is 21.5. The number of morpholine rings is 1. The monoisotopic (exact) mass is 387 g/mol. The fraction of sp³-hybridized carbons (Fsp3) is 0.667. The number of rotatable bonds is 5. The molecular weight excluding hydrogens is 362 g/mol. The summed E-state index contributed by atoms with van der Waals surface area (Å²) >= 11 is 1.56. The number of hydrogen-bond acceptors (Lipinski definition) is 9. The second kappa shape index (κ2) is 7.55. The lowest BCUT2D eigenvalue weighted by Gasteiger charge is -2.32. The summed E-state index contributed by atoms with van der Waals surface area (Å²) in [4.78, 5) is 18.4. The summed E-state index contributed by atoms with van der Waals surface area (Å²) < 4.78 is 9.95. The van der Waals surface area contributed by atoms with E-state index in [-0.39, 0.29) is 0 Å². The Kier molecular flexibility index (Phi) is 4.79. The van der Waals surface area contributed by atoms with Crippen LogP contribution in [0.5, 0.6) is 0 Å². The van der Waals surface area contributed by atoms with Crippen molar-refractivity contribution in [2.45, 2.75) is 37.6 Å². The van der Waals surface area contributed by atoms with E-state index in [1.54, 1.807) is 11.5 Å². The Hall–Kier alpha value is -2.00. The van der Waals surface area contributed by atoms with Crippen LogP contribution in [0.2, 0.25) is 0 Å². The molecule has 3 fully saturated rings. The molecule has 0 radical (unpaired) electrons. The molecule has 1 N–H and O–H groups in total. The van der Waals surface area contributed by atoms with Gasteiger partial charge in [-0.05, 0) is 31.7 Å². The molecule has 8 nitrogen and oxygen atoms in total. The second-order valence-corrected chi connectivity index (χ2v) is 8.19. The Labute approximate surface area is 163 Å². The maximum atomic E-state index is 5.41. The molecule has 144 valence electrons. The highest BCUT2D eigenvalue weighted by atomic mass is 32.1. The highest BCUT2D eigenvalue weighted by Crippen LogP contribution is 2.40. The van der Waals surface area contributed by atoms with E-state index in [1.165, 1.54) is 12.8 Å². The lowest BCUT2D eigenvalue weighted by Crippen LogP contribution is -2.39. The van der Waals surface area contributed by atoms with Gasteiger partial charge in [-0.3, -0.25) is 0 Å². The summed E-state index contributed by atoms with van der Waals surface area (Å²) in [5.41, 5.74) is 0. The summed E-state index contributed by atoms with van der Waals surface area (Å²) in [6.07, 6.45) is 6.52. The van der Waals surface area contributed by atoms with Crippen LogP contribution in [-0.4, -0.2) is 64.8 Å². The standard InChI is InChI=1S/C18H25N7OS/c1-2-13(1)16-22-18(27-23-16)25-7-4-14(5-8-25)20-15-3-6-19-17(21-15)24-9-11-26-12-10-24/h3,6,13-14H,1-2,4-5,7-12H2,(H,19,20,21). The third kappa shape index (κ3) is 3.98. The molecule has 4 heterocycles. The Balaban J connectivity index is 1.16. The van der Waals surface area contributed by atoms with E-state index in [1.807, 2.05) is 12.3 Å². The molecule has 0 amide bonds. The van der Waals surface area contributed by atoms with Crippen LogP contribution in [0.1, 0.15) is 37.4 Å². The lowest BCUT2D eigenvalue weighted by atomic mass is 10.1. The molecule has 2 aromatic heterocycles. The largest absolute Gasteiger partial charge is 0.378 e. The summed E-state index contributed by atoms with van der Waals surface area (Å²) in [5, 5.41) is 4.69. The highest BCUT2D eigenvalue weighted by Gasteiger charge is 2.29. The van der Waals surface area contributed by atoms with Crippen molar-refractivity contribution in [1.82, 2.24) is 19.3 Å². The first-order valence-electron chi connectivity index (χ1n) is 9.86. The predicted molar refractivity (Wildman–Crippen MR) is 106 cm³/mol. The van der Waals surface area contributed by atoms with E-state index >= 15 is 0 Å². The van der Waals surface area contributed by atoms with Crippen LogP contribution in [0.3, 0.4) is 0 Å². The van der Waals surface area contributed by atoms with Gasteiger partial charge >= 0.3 is 0 Å². The molecule has 1 saturated carbocycles. The Morgan fingerprint density at radius 2 is 1.81 bits per heavy atom. The summed E-state index contributed by atoms with van der Waals surface area (Å²) in [5.74, 6) is 3.40. The summed E-state index contributed by atoms with van der Waals surface area (Å²) in [7, 11) is 0. The first-order chi connectivity index (χ1) is 13.3. The molecular formula is C18H25N7OS. The van der Waals surface area contributed by atoms with Gasteiger partial charge in [-0.2, -0.15) is 9.36 Å². The van der Waals surface area contributed by atoms with Crippen molar-refractivity contribution in [3.05, 3.63) is 18.1 Å². The lowest BCUT2D eigenvalue weighted by molar-refractivity contribution is 0.122. The van der Waals surface area contributed by atoms with Crippen molar-refractivity contribution in [3.63, 3.8) is 0 Å². The number of nitrogens with one attached hydrogen (secondary N) is 1. The minimum Gasteiger partial charge on any atom is -0.378 e. The van der Waals surface area contributed by atoms with E-state index in [0.29, 0.717) is 12.0 Å². The fourth-order valence-corrected chi connectivity index (χ4v) is 4.43. The second-order valence-electron chi connectivity index (χ2n) is 7.46. The van der Waals surface area contributed by atoms with Gasteiger partial charge in [-0.1, -0.05) is 0 Å². The van der Waals surface area contributed by atoms with Crippen LogP contribution in [0.15, 0.2) is 12.3 Å². The average molecular weight is 388 g/mol. The van der Waals surface area contributed by atoms with Gasteiger partial charge in [0.1, 0.15) is 11.6 Å². The van der Waals surface area contributed by atoms with Gasteiger partial charge in [0.15, 0.2) is 0 Å². The van der Waals surface area contributed by atoms with E-state index in [0.717, 1.165) is 75.0 Å². The highest BCUT2D eigenvalue weighted by molar-refractivity contribution is 7.09. The van der Waals surface area contributed by atoms with Gasteiger partial charge in [0, 0.05) is 55.9 Å². The van der Waals surface area contributed by atoms with Crippen LogP contribution in [0, 0.1) is 0 Å². The maximum absolute atomic E-state index is 5.41. The molecule has 0 atom stereocenters. The third-order valence-electron chi connectivity index (χ3n) is 5.43. The number of piperidine rings is 1. The molecule has 0 aromatic carbocycles. The summed E-state index contributed by atoms with van der Waals surface area (Å²) in [6, 6.07) is 2.40. The van der Waals surface area contributed by atoms with Crippen molar-refractivity contribution in [2.75, 3.05) is 54.5 Å². The topological polar surface area (TPSA) is 79.3 Å². The fourth-order valence-electron chi connectivity index (χ4n) is 3.63. The Bertz CT molecular complexity index is 767. The molecule has 9 heteroatoms. The number of ether oxygens (including phenoxy) is 1. The molecule has 5 rings (SSSR count). The Morgan fingerprint density at radius 3 is 2.59 bits per heavy atom. The van der Waals surface area contributed by atoms with Gasteiger partial charge in [0.25, 0.3) is 0 Å². The zero-order valence-electron chi connectivity index (χ0n) is 15.4. The molecule has 0 unspecified atom stereocenters. The molecule has 1 aliphatic carbocycles. The van der Waals surface area contributed by atoms with Crippen molar-refractivity contribution in [3.8, 4) is 0 Å². The molecule has 0 spiro atoms. The zero-order chi connectivity index (χ0) is 18.1. The van der Waals surface area contributed by atoms with Gasteiger partial charge in [-0.15, -0.1) is 0 Å². The van der Waals surface area contributed by atoms with Gasteiger partial charge in [0.2, 0.25) is 11.1 Å². The third-order valence-corrected chi connectivity index (χ3v) is 6.22. The molecule has 0 bridgehead atoms. The van der Waals surface area contributed by atoms with E-state index in [2.05, 4.69) is 24.5 Å². The van der Waals surface area contributed by atoms with E-state index in [9.17, 15) is 0 Å². The van der Waals surface area contributed by atoms with Crippen LogP contribution >= 0.6 is 11.5 Å². The molecule has 2 aromatic rings. The quantitative estimate of drug-likeness (QED) is 0.836. The SMILES string of the molecule is c1cc(NC2CCN(c3nc(C4CC4)ns3)CC2)nc(N2CCOCC2)n1. The summed E-state index contributed by atoms with van der Waals surface area (Å²) in [6.45, 7) is 5.22. The van der Waals surface area contributed by atoms with Crippen LogP contribution in [0.25, 0.3) is 0 Å². The average Bonchev–Trinajstić information content (AvgIpc) is 3.46. The van der Waals surface area contributed by atoms with Crippen LogP contribution in [0.4, 0.5) is 16.9 Å². The first-order valence-corrected chi connectivity index (χ1v) is 10.6.